The summed E-state index contributed by atoms with van der Waals surface area (Å²) in [7, 11) is 0. The molecular weight excluding hydrogens is 345 g/mol. The van der Waals surface area contributed by atoms with Crippen LogP contribution in [0.4, 0.5) is 10.1 Å². The fourth-order valence-corrected chi connectivity index (χ4v) is 5.05. The van der Waals surface area contributed by atoms with Gasteiger partial charge in [0.1, 0.15) is 5.82 Å². The van der Waals surface area contributed by atoms with Crippen molar-refractivity contribution in [2.45, 2.75) is 62.8 Å². The van der Waals surface area contributed by atoms with E-state index >= 15 is 0 Å². The van der Waals surface area contributed by atoms with E-state index in [-0.39, 0.29) is 29.6 Å². The fraction of sp³-hybridized carbons (Fsp3) is 0.619. The third-order valence-corrected chi connectivity index (χ3v) is 6.52. The zero-order valence-corrected chi connectivity index (χ0v) is 15.7. The first-order chi connectivity index (χ1) is 13.1. The zero-order chi connectivity index (χ0) is 18.9. The maximum absolute atomic E-state index is 13.7. The Hall–Kier alpha value is -1.95. The summed E-state index contributed by atoms with van der Waals surface area (Å²) in [6.07, 6.45) is 8.44. The van der Waals surface area contributed by atoms with Gasteiger partial charge in [-0.2, -0.15) is 0 Å². The van der Waals surface area contributed by atoms with Crippen molar-refractivity contribution in [1.82, 2.24) is 10.2 Å². The molecule has 1 aromatic carbocycles. The first-order valence-electron chi connectivity index (χ1n) is 10.2. The molecule has 0 radical (unpaired) electrons. The molecule has 0 spiro atoms. The third-order valence-electron chi connectivity index (χ3n) is 6.52. The second-order valence-corrected chi connectivity index (χ2v) is 8.23. The molecule has 2 N–H and O–H groups in total. The average molecular weight is 373 g/mol. The zero-order valence-electron chi connectivity index (χ0n) is 15.7. The van der Waals surface area contributed by atoms with E-state index in [1.54, 1.807) is 0 Å². The Kier molecular flexibility index (Phi) is 5.17. The van der Waals surface area contributed by atoms with E-state index in [1.165, 1.54) is 50.3 Å². The summed E-state index contributed by atoms with van der Waals surface area (Å²) in [5.41, 5.74) is 1.17. The van der Waals surface area contributed by atoms with Crippen molar-refractivity contribution < 1.29 is 14.0 Å². The molecule has 2 heterocycles. The number of fused-ring (bicyclic) bond motifs is 1. The topological polar surface area (TPSA) is 61.4 Å². The van der Waals surface area contributed by atoms with Crippen LogP contribution in [-0.4, -0.2) is 41.9 Å². The van der Waals surface area contributed by atoms with Crippen LogP contribution in [0.15, 0.2) is 18.2 Å². The van der Waals surface area contributed by atoms with Crippen molar-refractivity contribution in [1.29, 1.82) is 0 Å². The number of rotatable bonds is 4. The van der Waals surface area contributed by atoms with Crippen LogP contribution in [0.2, 0.25) is 0 Å². The molecule has 146 valence electrons. The van der Waals surface area contributed by atoms with E-state index in [9.17, 15) is 14.0 Å². The molecule has 2 amide bonds. The molecule has 2 fully saturated rings. The minimum Gasteiger partial charge on any atom is -0.354 e. The summed E-state index contributed by atoms with van der Waals surface area (Å²) in [5.74, 6) is -1.37. The number of likely N-dealkylation sites (tertiary alicyclic amines) is 1. The molecule has 0 aromatic heterocycles. The van der Waals surface area contributed by atoms with Gasteiger partial charge in [-0.25, -0.2) is 4.39 Å². The number of nitrogens with one attached hydrogen (secondary N) is 2. The summed E-state index contributed by atoms with van der Waals surface area (Å²) in [5, 5.41) is 5.86. The lowest BCUT2D eigenvalue weighted by atomic mass is 9.88. The molecule has 3 aliphatic rings. The summed E-state index contributed by atoms with van der Waals surface area (Å²) in [4.78, 5) is 27.5. The minimum atomic E-state index is -0.621. The van der Waals surface area contributed by atoms with E-state index in [0.717, 1.165) is 25.9 Å². The Morgan fingerprint density at radius 1 is 1.19 bits per heavy atom. The van der Waals surface area contributed by atoms with Gasteiger partial charge in [0.2, 0.25) is 11.8 Å². The lowest BCUT2D eigenvalue weighted by molar-refractivity contribution is -0.126. The highest BCUT2D eigenvalue weighted by Gasteiger charge is 2.41. The van der Waals surface area contributed by atoms with Crippen molar-refractivity contribution in [3.8, 4) is 0 Å². The largest absolute Gasteiger partial charge is 0.354 e. The number of hydrogen-bond donors (Lipinski definition) is 2. The monoisotopic (exact) mass is 373 g/mol. The molecule has 5 nitrogen and oxygen atoms in total. The van der Waals surface area contributed by atoms with Crippen molar-refractivity contribution >= 4 is 17.5 Å². The second-order valence-electron chi connectivity index (χ2n) is 8.23. The Morgan fingerprint density at radius 2 is 1.93 bits per heavy atom. The summed E-state index contributed by atoms with van der Waals surface area (Å²) in [6, 6.07) is 4.21. The number of carbonyl (C=O) groups excluding carboxylic acids is 2. The van der Waals surface area contributed by atoms with Gasteiger partial charge in [-0.05, 0) is 62.5 Å². The van der Waals surface area contributed by atoms with Gasteiger partial charge in [-0.1, -0.05) is 19.3 Å². The molecule has 4 rings (SSSR count). The van der Waals surface area contributed by atoms with Gasteiger partial charge < -0.3 is 10.6 Å². The maximum atomic E-state index is 13.7. The van der Waals surface area contributed by atoms with Crippen LogP contribution in [-0.2, 0) is 9.59 Å². The van der Waals surface area contributed by atoms with E-state index in [0.29, 0.717) is 17.8 Å². The smallest absolute Gasteiger partial charge is 0.228 e. The Labute approximate surface area is 159 Å². The Bertz CT molecular complexity index is 724. The first kappa shape index (κ1) is 18.4. The molecule has 0 bridgehead atoms. The molecular formula is C21H28FN3O2. The molecule has 1 unspecified atom stereocenters. The molecule has 1 atom stereocenters. The molecule has 1 aromatic rings. The van der Waals surface area contributed by atoms with Crippen molar-refractivity contribution in [2.75, 3.05) is 25.0 Å². The Balaban J connectivity index is 1.49. The fourth-order valence-electron chi connectivity index (χ4n) is 5.05. The summed E-state index contributed by atoms with van der Waals surface area (Å²) < 4.78 is 13.7. The normalized spacial score (nSPS) is 24.9. The lowest BCUT2D eigenvalue weighted by Gasteiger charge is -2.44. The summed E-state index contributed by atoms with van der Waals surface area (Å²) in [6.45, 7) is 2.83. The van der Waals surface area contributed by atoms with Crippen LogP contribution in [0.3, 0.4) is 0 Å². The highest BCUT2D eigenvalue weighted by molar-refractivity contribution is 6.01. The number of carbonyl (C=O) groups is 2. The number of anilines is 1. The van der Waals surface area contributed by atoms with Gasteiger partial charge in [-0.15, -0.1) is 0 Å². The predicted octanol–water partition coefficient (Wildman–Crippen LogP) is 3.17. The highest BCUT2D eigenvalue weighted by atomic mass is 19.1. The number of benzene rings is 1. The highest BCUT2D eigenvalue weighted by Crippen LogP contribution is 2.37. The molecule has 1 saturated heterocycles. The molecule has 1 saturated carbocycles. The lowest BCUT2D eigenvalue weighted by Crippen LogP contribution is -2.56. The Morgan fingerprint density at radius 3 is 2.67 bits per heavy atom. The van der Waals surface area contributed by atoms with Crippen LogP contribution in [0, 0.1) is 5.82 Å². The van der Waals surface area contributed by atoms with E-state index in [2.05, 4.69) is 15.5 Å². The van der Waals surface area contributed by atoms with E-state index in [4.69, 9.17) is 0 Å². The number of nitrogens with zero attached hydrogens (tertiary/aromatic N) is 1. The van der Waals surface area contributed by atoms with E-state index in [1.807, 2.05) is 0 Å². The standard InChI is InChI=1S/C21H28FN3O2/c22-15-6-7-18-16(12-15)17(13-19(26)24-18)20(27)23-14-21(8-2-3-9-21)25-10-4-1-5-11-25/h6-7,12,17H,1-5,8-11,13-14H2,(H,23,27)(H,24,26). The van der Waals surface area contributed by atoms with Crippen LogP contribution >= 0.6 is 0 Å². The number of halogens is 1. The predicted molar refractivity (Wildman–Crippen MR) is 102 cm³/mol. The molecule has 1 aliphatic carbocycles. The first-order valence-corrected chi connectivity index (χ1v) is 10.2. The molecule has 2 aliphatic heterocycles. The quantitative estimate of drug-likeness (QED) is 0.852. The van der Waals surface area contributed by atoms with Gasteiger partial charge >= 0.3 is 0 Å². The number of hydrogen-bond acceptors (Lipinski definition) is 3. The minimum absolute atomic E-state index is 0.0533. The third kappa shape index (κ3) is 3.72. The summed E-state index contributed by atoms with van der Waals surface area (Å²) >= 11 is 0. The van der Waals surface area contributed by atoms with Crippen molar-refractivity contribution in [2.24, 2.45) is 0 Å². The van der Waals surface area contributed by atoms with Crippen LogP contribution in [0.1, 0.15) is 62.8 Å². The second kappa shape index (κ2) is 7.58. The van der Waals surface area contributed by atoms with Crippen LogP contribution < -0.4 is 10.6 Å². The van der Waals surface area contributed by atoms with Crippen molar-refractivity contribution in [3.05, 3.63) is 29.6 Å². The van der Waals surface area contributed by atoms with Gasteiger partial charge in [0.15, 0.2) is 0 Å². The SMILES string of the molecule is O=C1CC(C(=O)NCC2(N3CCCCC3)CCCC2)c2cc(F)ccc2N1. The van der Waals surface area contributed by atoms with Gasteiger partial charge in [0.25, 0.3) is 0 Å². The average Bonchev–Trinajstić information content (AvgIpc) is 3.17. The van der Waals surface area contributed by atoms with Gasteiger partial charge in [0, 0.05) is 24.2 Å². The van der Waals surface area contributed by atoms with Gasteiger partial charge in [0.05, 0.1) is 5.92 Å². The van der Waals surface area contributed by atoms with Gasteiger partial charge in [-0.3, -0.25) is 14.5 Å². The van der Waals surface area contributed by atoms with Crippen LogP contribution in [0.25, 0.3) is 0 Å². The van der Waals surface area contributed by atoms with Crippen molar-refractivity contribution in [3.63, 3.8) is 0 Å². The number of amides is 2. The number of piperidine rings is 1. The van der Waals surface area contributed by atoms with E-state index < -0.39 is 5.92 Å². The molecule has 6 heteroatoms. The maximum Gasteiger partial charge on any atom is 0.228 e. The van der Waals surface area contributed by atoms with Crippen LogP contribution in [0.5, 0.6) is 0 Å². The molecule has 27 heavy (non-hydrogen) atoms.